The summed E-state index contributed by atoms with van der Waals surface area (Å²) in [6, 6.07) is 7.14. The maximum Gasteiger partial charge on any atom is 0.269 e. The van der Waals surface area contributed by atoms with Crippen molar-refractivity contribution in [2.24, 2.45) is 0 Å². The van der Waals surface area contributed by atoms with Crippen LogP contribution >= 0.6 is 0 Å². The van der Waals surface area contributed by atoms with Crippen LogP contribution < -0.4 is 10.2 Å². The smallest absolute Gasteiger partial charge is 0.269 e. The van der Waals surface area contributed by atoms with Crippen LogP contribution in [0.5, 0.6) is 0 Å². The summed E-state index contributed by atoms with van der Waals surface area (Å²) in [5, 5.41) is 3.00. The molecule has 8 nitrogen and oxygen atoms in total. The van der Waals surface area contributed by atoms with Crippen LogP contribution in [0, 0.1) is 0 Å². The van der Waals surface area contributed by atoms with Crippen LogP contribution in [0.4, 0.5) is 5.82 Å². The van der Waals surface area contributed by atoms with E-state index in [4.69, 9.17) is 4.98 Å². The Morgan fingerprint density at radius 1 is 1.12 bits per heavy atom. The van der Waals surface area contributed by atoms with Crippen LogP contribution in [0.15, 0.2) is 36.9 Å². The Morgan fingerprint density at radius 2 is 1.97 bits per heavy atom. The summed E-state index contributed by atoms with van der Waals surface area (Å²) in [5.41, 5.74) is 0.497. The lowest BCUT2D eigenvalue weighted by Gasteiger charge is -2.39. The third-order valence-corrected chi connectivity index (χ3v) is 7.01. The van der Waals surface area contributed by atoms with Gasteiger partial charge in [0, 0.05) is 63.7 Å². The third-order valence-electron chi connectivity index (χ3n) is 7.01. The van der Waals surface area contributed by atoms with Crippen LogP contribution in [0.1, 0.15) is 50.0 Å². The van der Waals surface area contributed by atoms with E-state index < -0.39 is 0 Å². The first kappa shape index (κ1) is 23.7. The van der Waals surface area contributed by atoms with Gasteiger partial charge in [0.15, 0.2) is 0 Å². The van der Waals surface area contributed by atoms with E-state index in [9.17, 15) is 4.79 Å². The van der Waals surface area contributed by atoms with Gasteiger partial charge in [0.2, 0.25) is 0 Å². The number of imidazole rings is 1. The van der Waals surface area contributed by atoms with Crippen LogP contribution in [0.2, 0.25) is 0 Å². The van der Waals surface area contributed by atoms with Gasteiger partial charge in [-0.1, -0.05) is 6.07 Å². The molecular formula is C25H39N7O. The van der Waals surface area contributed by atoms with Crippen molar-refractivity contribution >= 4 is 11.7 Å². The zero-order valence-corrected chi connectivity index (χ0v) is 20.2. The molecule has 0 atom stereocenters. The molecule has 2 aromatic rings. The number of aryl methyl sites for hydroxylation is 1. The van der Waals surface area contributed by atoms with E-state index in [1.807, 2.05) is 22.9 Å². The number of rotatable bonds is 8. The van der Waals surface area contributed by atoms with Gasteiger partial charge in [0.1, 0.15) is 11.5 Å². The number of carbonyl (C=O) groups excluding carboxylic acids is 1. The lowest BCUT2D eigenvalue weighted by Crippen LogP contribution is -2.47. The molecule has 2 saturated heterocycles. The third kappa shape index (κ3) is 6.54. The predicted octanol–water partition coefficient (Wildman–Crippen LogP) is 2.48. The Morgan fingerprint density at radius 3 is 2.73 bits per heavy atom. The minimum atomic E-state index is -0.101. The van der Waals surface area contributed by atoms with E-state index in [0.717, 1.165) is 51.4 Å². The summed E-state index contributed by atoms with van der Waals surface area (Å²) in [6.45, 7) is 12.7. The second-order valence-electron chi connectivity index (χ2n) is 9.53. The van der Waals surface area contributed by atoms with Crippen LogP contribution in [0.25, 0.3) is 0 Å². The second kappa shape index (κ2) is 11.6. The first-order chi connectivity index (χ1) is 16.1. The van der Waals surface area contributed by atoms with E-state index in [1.54, 1.807) is 18.6 Å². The molecule has 33 heavy (non-hydrogen) atoms. The first-order valence-electron chi connectivity index (χ1n) is 12.5. The zero-order valence-electron chi connectivity index (χ0n) is 20.2. The molecule has 1 N–H and O–H groups in total. The van der Waals surface area contributed by atoms with Crippen molar-refractivity contribution in [1.29, 1.82) is 0 Å². The van der Waals surface area contributed by atoms with E-state index in [2.05, 4.69) is 38.8 Å². The normalized spacial score (nSPS) is 19.1. The van der Waals surface area contributed by atoms with Crippen LogP contribution in [0.3, 0.4) is 0 Å². The Labute approximate surface area is 198 Å². The highest BCUT2D eigenvalue weighted by molar-refractivity contribution is 5.92. The largest absolute Gasteiger partial charge is 0.355 e. The summed E-state index contributed by atoms with van der Waals surface area (Å²) >= 11 is 0. The van der Waals surface area contributed by atoms with Crippen molar-refractivity contribution < 1.29 is 4.79 Å². The van der Waals surface area contributed by atoms with Crippen LogP contribution in [-0.2, 0) is 6.54 Å². The molecule has 180 valence electrons. The lowest BCUT2D eigenvalue weighted by molar-refractivity contribution is 0.0948. The molecule has 4 heterocycles. The number of hydrogen-bond acceptors (Lipinski definition) is 6. The lowest BCUT2D eigenvalue weighted by atomic mass is 10.0. The Kier molecular flexibility index (Phi) is 8.34. The molecule has 2 aliphatic heterocycles. The minimum absolute atomic E-state index is 0.101. The number of nitrogens with one attached hydrogen (secondary N) is 1. The van der Waals surface area contributed by atoms with Crippen molar-refractivity contribution in [3.63, 3.8) is 0 Å². The second-order valence-corrected chi connectivity index (χ2v) is 9.53. The maximum absolute atomic E-state index is 12.6. The van der Waals surface area contributed by atoms with Gasteiger partial charge in [0.05, 0.1) is 6.33 Å². The molecule has 0 aromatic carbocycles. The molecular weight excluding hydrogens is 414 g/mol. The van der Waals surface area contributed by atoms with Crippen molar-refractivity contribution in [3.8, 4) is 0 Å². The highest BCUT2D eigenvalue weighted by Crippen LogP contribution is 2.21. The average molecular weight is 454 g/mol. The van der Waals surface area contributed by atoms with Gasteiger partial charge in [-0.05, 0) is 64.8 Å². The van der Waals surface area contributed by atoms with E-state index in [-0.39, 0.29) is 5.91 Å². The number of carbonyl (C=O) groups is 1. The molecule has 1 amide bonds. The van der Waals surface area contributed by atoms with Crippen molar-refractivity contribution in [1.82, 2.24) is 29.7 Å². The number of hydrogen-bond donors (Lipinski definition) is 1. The fourth-order valence-electron chi connectivity index (χ4n) is 5.00. The van der Waals surface area contributed by atoms with Gasteiger partial charge in [-0.3, -0.25) is 9.69 Å². The SMILES string of the molecule is CC(C)N1CCC(N2CCCN(c3cccc(C(=O)NCCCn4ccnc4)n3)CC2)CC1. The Hall–Kier alpha value is -2.45. The van der Waals surface area contributed by atoms with Crippen molar-refractivity contribution in [2.75, 3.05) is 50.7 Å². The van der Waals surface area contributed by atoms with E-state index in [0.29, 0.717) is 24.3 Å². The molecule has 4 rings (SSSR count). The number of aromatic nitrogens is 3. The maximum atomic E-state index is 12.6. The fraction of sp³-hybridized carbons (Fsp3) is 0.640. The average Bonchev–Trinajstić information content (AvgIpc) is 3.24. The molecule has 0 saturated carbocycles. The van der Waals surface area contributed by atoms with Gasteiger partial charge in [0.25, 0.3) is 5.91 Å². The molecule has 2 aromatic heterocycles. The first-order valence-corrected chi connectivity index (χ1v) is 12.5. The Bertz CT molecular complexity index is 861. The minimum Gasteiger partial charge on any atom is -0.355 e. The van der Waals surface area contributed by atoms with E-state index >= 15 is 0 Å². The van der Waals surface area contributed by atoms with Gasteiger partial charge < -0.3 is 19.7 Å². The predicted molar refractivity (Wildman–Crippen MR) is 132 cm³/mol. The topological polar surface area (TPSA) is 69.5 Å². The number of nitrogens with zero attached hydrogens (tertiary/aromatic N) is 6. The molecule has 0 aliphatic carbocycles. The van der Waals surface area contributed by atoms with Gasteiger partial charge in [-0.25, -0.2) is 9.97 Å². The molecule has 2 aliphatic rings. The monoisotopic (exact) mass is 453 g/mol. The summed E-state index contributed by atoms with van der Waals surface area (Å²) in [4.78, 5) is 29.0. The standard InChI is InChI=1S/C25H39N7O/c1-21(2)30-15-8-22(9-16-30)31-13-5-14-32(19-18-31)24-7-3-6-23(28-24)25(33)27-10-4-12-29-17-11-26-20-29/h3,6-7,11,17,20-22H,4-5,8-10,12-16,18-19H2,1-2H3,(H,27,33). The fourth-order valence-corrected chi connectivity index (χ4v) is 5.00. The van der Waals surface area contributed by atoms with Gasteiger partial charge in [-0.2, -0.15) is 0 Å². The number of amides is 1. The number of likely N-dealkylation sites (tertiary alicyclic amines) is 1. The summed E-state index contributed by atoms with van der Waals surface area (Å²) in [7, 11) is 0. The number of anilines is 1. The van der Waals surface area contributed by atoms with Gasteiger partial charge in [-0.15, -0.1) is 0 Å². The van der Waals surface area contributed by atoms with Crippen LogP contribution in [-0.4, -0.2) is 88.1 Å². The molecule has 0 unspecified atom stereocenters. The van der Waals surface area contributed by atoms with E-state index in [1.165, 1.54) is 25.9 Å². The summed E-state index contributed by atoms with van der Waals surface area (Å²) in [6.07, 6.45) is 10.0. The molecule has 0 bridgehead atoms. The van der Waals surface area contributed by atoms with Crippen molar-refractivity contribution in [3.05, 3.63) is 42.6 Å². The highest BCUT2D eigenvalue weighted by atomic mass is 16.1. The van der Waals surface area contributed by atoms with Crippen molar-refractivity contribution in [2.45, 2.75) is 58.2 Å². The highest BCUT2D eigenvalue weighted by Gasteiger charge is 2.27. The molecule has 2 fully saturated rings. The zero-order chi connectivity index (χ0) is 23.0. The number of pyridine rings is 1. The molecule has 8 heteroatoms. The quantitative estimate of drug-likeness (QED) is 0.620. The molecule has 0 spiro atoms. The Balaban J connectivity index is 1.26. The summed E-state index contributed by atoms with van der Waals surface area (Å²) in [5.74, 6) is 0.813. The van der Waals surface area contributed by atoms with Gasteiger partial charge >= 0.3 is 0 Å². The molecule has 0 radical (unpaired) electrons. The number of piperidine rings is 1. The summed E-state index contributed by atoms with van der Waals surface area (Å²) < 4.78 is 2.02.